The zero-order valence-corrected chi connectivity index (χ0v) is 12.8. The Morgan fingerprint density at radius 3 is 2.56 bits per heavy atom. The van der Waals surface area contributed by atoms with Crippen molar-refractivity contribution in [2.24, 2.45) is 11.8 Å². The Bertz CT molecular complexity index is 367. The molecule has 0 aliphatic carbocycles. The lowest BCUT2D eigenvalue weighted by molar-refractivity contribution is 0.311. The maximum absolute atomic E-state index is 4.58. The zero-order chi connectivity index (χ0) is 13.1. The van der Waals surface area contributed by atoms with Crippen LogP contribution in [-0.2, 0) is 0 Å². The molecule has 1 fully saturated rings. The molecule has 18 heavy (non-hydrogen) atoms. The van der Waals surface area contributed by atoms with Crippen LogP contribution >= 0.6 is 11.3 Å². The molecule has 1 unspecified atom stereocenters. The van der Waals surface area contributed by atoms with E-state index >= 15 is 0 Å². The monoisotopic (exact) mass is 267 g/mol. The van der Waals surface area contributed by atoms with Crippen molar-refractivity contribution in [1.29, 1.82) is 0 Å². The number of piperidine rings is 1. The lowest BCUT2D eigenvalue weighted by atomic mass is 9.87. The van der Waals surface area contributed by atoms with Gasteiger partial charge in [-0.2, -0.15) is 0 Å². The van der Waals surface area contributed by atoms with Gasteiger partial charge in [-0.25, -0.2) is 4.98 Å². The van der Waals surface area contributed by atoms with Crippen molar-refractivity contribution < 1.29 is 0 Å². The highest BCUT2D eigenvalue weighted by atomic mass is 32.1. The van der Waals surface area contributed by atoms with Crippen LogP contribution in [0.4, 0.5) is 5.13 Å². The van der Waals surface area contributed by atoms with Crippen LogP contribution in [0, 0.1) is 11.8 Å². The van der Waals surface area contributed by atoms with Gasteiger partial charge >= 0.3 is 0 Å². The van der Waals surface area contributed by atoms with E-state index in [1.807, 2.05) is 24.6 Å². The summed E-state index contributed by atoms with van der Waals surface area (Å²) < 4.78 is 0. The van der Waals surface area contributed by atoms with E-state index in [1.54, 1.807) is 0 Å². The molecule has 1 N–H and O–H groups in total. The summed E-state index contributed by atoms with van der Waals surface area (Å²) in [6.45, 7) is 9.21. The van der Waals surface area contributed by atoms with E-state index in [2.05, 4.69) is 36.0 Å². The highest BCUT2D eigenvalue weighted by Crippen LogP contribution is 2.31. The zero-order valence-electron chi connectivity index (χ0n) is 11.9. The first-order valence-electron chi connectivity index (χ1n) is 6.99. The normalized spacial score (nSPS) is 19.5. The van der Waals surface area contributed by atoms with Crippen LogP contribution in [0.5, 0.6) is 0 Å². The third kappa shape index (κ3) is 3.04. The highest BCUT2D eigenvalue weighted by Gasteiger charge is 2.23. The molecule has 1 aliphatic rings. The molecule has 1 saturated heterocycles. The molecule has 102 valence electrons. The Balaban J connectivity index is 1.95. The molecule has 0 saturated carbocycles. The van der Waals surface area contributed by atoms with Gasteiger partial charge in [-0.1, -0.05) is 13.8 Å². The van der Waals surface area contributed by atoms with E-state index in [0.29, 0.717) is 6.04 Å². The fourth-order valence-corrected chi connectivity index (χ4v) is 3.55. The quantitative estimate of drug-likeness (QED) is 0.907. The van der Waals surface area contributed by atoms with Crippen LogP contribution in [0.1, 0.15) is 44.5 Å². The van der Waals surface area contributed by atoms with Crippen LogP contribution in [0.2, 0.25) is 0 Å². The third-order valence-electron chi connectivity index (χ3n) is 4.12. The van der Waals surface area contributed by atoms with Gasteiger partial charge in [0.05, 0.1) is 0 Å². The highest BCUT2D eigenvalue weighted by molar-refractivity contribution is 7.15. The second-order valence-corrected chi connectivity index (χ2v) is 6.66. The molecule has 2 rings (SSSR count). The molecular formula is C14H25N3S. The van der Waals surface area contributed by atoms with Crippen LogP contribution in [0.3, 0.4) is 0 Å². The first-order chi connectivity index (χ1) is 8.61. The third-order valence-corrected chi connectivity index (χ3v) is 5.36. The smallest absolute Gasteiger partial charge is 0.185 e. The van der Waals surface area contributed by atoms with E-state index < -0.39 is 0 Å². The number of nitrogens with one attached hydrogen (secondary N) is 1. The lowest BCUT2D eigenvalue weighted by Crippen LogP contribution is -2.35. The molecule has 0 radical (unpaired) electrons. The summed E-state index contributed by atoms with van der Waals surface area (Å²) in [5, 5.41) is 4.47. The second-order valence-electron chi connectivity index (χ2n) is 5.62. The molecule has 1 atom stereocenters. The van der Waals surface area contributed by atoms with Crippen molar-refractivity contribution in [2.75, 3.05) is 25.0 Å². The number of nitrogens with zero attached hydrogens (tertiary/aromatic N) is 2. The molecule has 0 bridgehead atoms. The van der Waals surface area contributed by atoms with E-state index in [1.165, 1.54) is 35.9 Å². The van der Waals surface area contributed by atoms with Crippen LogP contribution < -0.4 is 10.2 Å². The lowest BCUT2D eigenvalue weighted by Gasteiger charge is -2.33. The standard InChI is InChI=1S/C14H25N3S/c1-10(2)12-5-7-17(8-6-12)14-16-9-13(18-14)11(3)15-4/h9-12,15H,5-8H2,1-4H3. The Hall–Kier alpha value is -0.610. The summed E-state index contributed by atoms with van der Waals surface area (Å²) in [4.78, 5) is 8.37. The largest absolute Gasteiger partial charge is 0.348 e. The van der Waals surface area contributed by atoms with Crippen molar-refractivity contribution in [3.8, 4) is 0 Å². The van der Waals surface area contributed by atoms with Gasteiger partial charge in [0.25, 0.3) is 0 Å². The van der Waals surface area contributed by atoms with Crippen molar-refractivity contribution in [3.05, 3.63) is 11.1 Å². The summed E-state index contributed by atoms with van der Waals surface area (Å²) in [5.74, 6) is 1.72. The predicted molar refractivity (Wildman–Crippen MR) is 79.4 cm³/mol. The van der Waals surface area contributed by atoms with Crippen molar-refractivity contribution in [2.45, 2.75) is 39.7 Å². The van der Waals surface area contributed by atoms with Crippen LogP contribution in [0.25, 0.3) is 0 Å². The van der Waals surface area contributed by atoms with Gasteiger partial charge in [0.2, 0.25) is 0 Å². The van der Waals surface area contributed by atoms with E-state index in [4.69, 9.17) is 0 Å². The van der Waals surface area contributed by atoms with Crippen molar-refractivity contribution in [1.82, 2.24) is 10.3 Å². The fourth-order valence-electron chi connectivity index (χ4n) is 2.52. The minimum absolute atomic E-state index is 0.407. The number of rotatable bonds is 4. The first kappa shape index (κ1) is 13.8. The van der Waals surface area contributed by atoms with E-state index in [0.717, 1.165) is 11.8 Å². The van der Waals surface area contributed by atoms with Crippen LogP contribution in [0.15, 0.2) is 6.20 Å². The molecule has 1 aromatic rings. The van der Waals surface area contributed by atoms with Crippen molar-refractivity contribution in [3.63, 3.8) is 0 Å². The molecule has 0 amide bonds. The molecule has 0 spiro atoms. The van der Waals surface area contributed by atoms with E-state index in [9.17, 15) is 0 Å². The first-order valence-corrected chi connectivity index (χ1v) is 7.81. The number of thiazole rings is 1. The molecule has 4 heteroatoms. The molecule has 1 aromatic heterocycles. The Kier molecular flexibility index (Phi) is 4.62. The molecular weight excluding hydrogens is 242 g/mol. The van der Waals surface area contributed by atoms with Gasteiger partial charge in [0, 0.05) is 30.2 Å². The Morgan fingerprint density at radius 2 is 2.00 bits per heavy atom. The molecule has 2 heterocycles. The summed E-state index contributed by atoms with van der Waals surface area (Å²) in [5.41, 5.74) is 0. The minimum Gasteiger partial charge on any atom is -0.348 e. The van der Waals surface area contributed by atoms with Gasteiger partial charge in [-0.05, 0) is 38.6 Å². The summed E-state index contributed by atoms with van der Waals surface area (Å²) in [6.07, 6.45) is 4.65. The summed E-state index contributed by atoms with van der Waals surface area (Å²) in [6, 6.07) is 0.407. The van der Waals surface area contributed by atoms with Gasteiger partial charge in [0.1, 0.15) is 0 Å². The Labute approximate surface area is 115 Å². The topological polar surface area (TPSA) is 28.2 Å². The number of aromatic nitrogens is 1. The van der Waals surface area contributed by atoms with Gasteiger partial charge in [-0.15, -0.1) is 11.3 Å². The number of anilines is 1. The Morgan fingerprint density at radius 1 is 1.33 bits per heavy atom. The average Bonchev–Trinajstić information content (AvgIpc) is 2.87. The summed E-state index contributed by atoms with van der Waals surface area (Å²) >= 11 is 1.83. The van der Waals surface area contributed by atoms with Crippen LogP contribution in [-0.4, -0.2) is 25.1 Å². The maximum atomic E-state index is 4.58. The fraction of sp³-hybridized carbons (Fsp3) is 0.786. The van der Waals surface area contributed by atoms with E-state index in [-0.39, 0.29) is 0 Å². The molecule has 3 nitrogen and oxygen atoms in total. The molecule has 0 aromatic carbocycles. The van der Waals surface area contributed by atoms with Gasteiger partial charge in [-0.3, -0.25) is 0 Å². The number of hydrogen-bond donors (Lipinski definition) is 1. The van der Waals surface area contributed by atoms with Gasteiger partial charge in [0.15, 0.2) is 5.13 Å². The second kappa shape index (κ2) is 6.02. The minimum atomic E-state index is 0.407. The summed E-state index contributed by atoms with van der Waals surface area (Å²) in [7, 11) is 2.00. The van der Waals surface area contributed by atoms with Crippen molar-refractivity contribution >= 4 is 16.5 Å². The predicted octanol–water partition coefficient (Wildman–Crippen LogP) is 3.30. The van der Waals surface area contributed by atoms with Gasteiger partial charge < -0.3 is 10.2 Å². The molecule has 1 aliphatic heterocycles. The SMILES string of the molecule is CNC(C)c1cnc(N2CCC(C(C)C)CC2)s1. The number of hydrogen-bond acceptors (Lipinski definition) is 4. The maximum Gasteiger partial charge on any atom is 0.185 e. The average molecular weight is 267 g/mol.